The maximum absolute atomic E-state index is 11.5. The van der Waals surface area contributed by atoms with Crippen LogP contribution in [0.3, 0.4) is 0 Å². The Hall–Kier alpha value is -0.750. The number of carboxylic acids is 1. The minimum atomic E-state index is -0.980. The van der Waals surface area contributed by atoms with Crippen LogP contribution < -0.4 is 10.6 Å². The monoisotopic (exact) mass is 218 g/mol. The summed E-state index contributed by atoms with van der Waals surface area (Å²) in [5.41, 5.74) is 0. The van der Waals surface area contributed by atoms with Gasteiger partial charge in [0, 0.05) is 11.6 Å². The van der Waals surface area contributed by atoms with Gasteiger partial charge in [-0.05, 0) is 6.42 Å². The molecule has 0 saturated carbocycles. The molecule has 1 rings (SSSR count). The fourth-order valence-corrected chi connectivity index (χ4v) is 2.12. The number of hydrogen-bond acceptors (Lipinski definition) is 4. The highest BCUT2D eigenvalue weighted by Gasteiger charge is 2.26. The number of rotatable bonds is 4. The van der Waals surface area contributed by atoms with Gasteiger partial charge in [-0.2, -0.15) is 0 Å². The van der Waals surface area contributed by atoms with Gasteiger partial charge in [0.25, 0.3) is 0 Å². The van der Waals surface area contributed by atoms with Crippen LogP contribution in [0.1, 0.15) is 13.3 Å². The van der Waals surface area contributed by atoms with Gasteiger partial charge in [-0.25, -0.2) is 4.79 Å². The summed E-state index contributed by atoms with van der Waals surface area (Å²) in [5.74, 6) is 0.264. The van der Waals surface area contributed by atoms with E-state index in [4.69, 9.17) is 5.11 Å². The second kappa shape index (κ2) is 5.21. The number of carbonyl (C=O) groups is 2. The van der Waals surface area contributed by atoms with Crippen LogP contribution in [-0.2, 0) is 9.59 Å². The largest absolute Gasteiger partial charge is 0.480 e. The van der Waals surface area contributed by atoms with Gasteiger partial charge >= 0.3 is 5.97 Å². The van der Waals surface area contributed by atoms with Crippen molar-refractivity contribution in [1.82, 2.24) is 10.6 Å². The average Bonchev–Trinajstić information content (AvgIpc) is 2.65. The van der Waals surface area contributed by atoms with E-state index in [1.165, 1.54) is 0 Å². The first kappa shape index (κ1) is 11.3. The van der Waals surface area contributed by atoms with Crippen molar-refractivity contribution in [2.24, 2.45) is 0 Å². The molecule has 2 unspecified atom stereocenters. The van der Waals surface area contributed by atoms with Gasteiger partial charge in [0.2, 0.25) is 5.91 Å². The Morgan fingerprint density at radius 2 is 2.43 bits per heavy atom. The molecule has 0 spiro atoms. The van der Waals surface area contributed by atoms with Crippen molar-refractivity contribution in [3.8, 4) is 0 Å². The zero-order valence-corrected chi connectivity index (χ0v) is 8.76. The Labute approximate surface area is 86.6 Å². The molecule has 0 radical (unpaired) electrons. The highest BCUT2D eigenvalue weighted by Crippen LogP contribution is 2.09. The molecule has 1 amide bonds. The first-order chi connectivity index (χ1) is 6.65. The number of aliphatic carboxylic acids is 1. The average molecular weight is 218 g/mol. The van der Waals surface area contributed by atoms with Crippen molar-refractivity contribution < 1.29 is 14.7 Å². The first-order valence-electron chi connectivity index (χ1n) is 4.49. The van der Waals surface area contributed by atoms with E-state index in [2.05, 4.69) is 10.6 Å². The van der Waals surface area contributed by atoms with Crippen LogP contribution in [0.2, 0.25) is 0 Å². The summed E-state index contributed by atoms with van der Waals surface area (Å²) in [4.78, 5) is 22.1. The maximum atomic E-state index is 11.5. The van der Waals surface area contributed by atoms with Crippen LogP contribution in [0.25, 0.3) is 0 Å². The molecule has 80 valence electrons. The van der Waals surface area contributed by atoms with Gasteiger partial charge in [-0.15, -0.1) is 11.8 Å². The highest BCUT2D eigenvalue weighted by atomic mass is 32.2. The minimum absolute atomic E-state index is 0.218. The third-order valence-electron chi connectivity index (χ3n) is 2.06. The first-order valence-corrected chi connectivity index (χ1v) is 5.65. The van der Waals surface area contributed by atoms with Crippen LogP contribution >= 0.6 is 11.8 Å². The van der Waals surface area contributed by atoms with E-state index in [1.807, 2.05) is 0 Å². The zero-order valence-electron chi connectivity index (χ0n) is 7.95. The molecule has 1 aliphatic rings. The number of hydrogen-bond donors (Lipinski definition) is 3. The summed E-state index contributed by atoms with van der Waals surface area (Å²) < 4.78 is 0. The molecule has 6 heteroatoms. The molecule has 0 aromatic carbocycles. The Bertz CT molecular complexity index is 229. The second-order valence-electron chi connectivity index (χ2n) is 3.08. The standard InChI is InChI=1S/C8H14N2O3S/c1-2-5(8(12)13)10-7(11)6-3-14-4-9-6/h5-6,9H,2-4H2,1H3,(H,10,11)(H,12,13). The molecule has 1 saturated heterocycles. The van der Waals surface area contributed by atoms with Crippen molar-refractivity contribution >= 4 is 23.6 Å². The van der Waals surface area contributed by atoms with Crippen LogP contribution in [0.4, 0.5) is 0 Å². The maximum Gasteiger partial charge on any atom is 0.326 e. The quantitative estimate of drug-likeness (QED) is 0.600. The Morgan fingerprint density at radius 1 is 1.71 bits per heavy atom. The van der Waals surface area contributed by atoms with Crippen LogP contribution in [0, 0.1) is 0 Å². The van der Waals surface area contributed by atoms with Crippen molar-refractivity contribution in [1.29, 1.82) is 0 Å². The number of thioether (sulfide) groups is 1. The van der Waals surface area contributed by atoms with Gasteiger partial charge in [0.05, 0.1) is 6.04 Å². The molecule has 0 aromatic heterocycles. The predicted molar refractivity (Wildman–Crippen MR) is 54.1 cm³/mol. The Morgan fingerprint density at radius 3 is 2.86 bits per heavy atom. The molecule has 2 atom stereocenters. The summed E-state index contributed by atoms with van der Waals surface area (Å²) in [6.07, 6.45) is 0.404. The number of carbonyl (C=O) groups excluding carboxylic acids is 1. The molecule has 0 aliphatic carbocycles. The van der Waals surface area contributed by atoms with E-state index in [0.29, 0.717) is 12.2 Å². The normalized spacial score (nSPS) is 23.1. The Balaban J connectivity index is 2.41. The molecule has 5 nitrogen and oxygen atoms in total. The third-order valence-corrected chi connectivity index (χ3v) is 3.00. The summed E-state index contributed by atoms with van der Waals surface area (Å²) in [6.45, 7) is 1.73. The molecule has 1 aliphatic heterocycles. The predicted octanol–water partition coefficient (Wildman–Crippen LogP) is -0.372. The second-order valence-corrected chi connectivity index (χ2v) is 4.11. The van der Waals surface area contributed by atoms with E-state index in [9.17, 15) is 9.59 Å². The summed E-state index contributed by atoms with van der Waals surface area (Å²) in [6, 6.07) is -1.01. The number of amides is 1. The summed E-state index contributed by atoms with van der Waals surface area (Å²) >= 11 is 1.63. The van der Waals surface area contributed by atoms with Crippen molar-refractivity contribution in [2.45, 2.75) is 25.4 Å². The lowest BCUT2D eigenvalue weighted by atomic mass is 10.2. The van der Waals surface area contributed by atoms with Gasteiger partial charge in [0.15, 0.2) is 0 Å². The molecule has 0 aromatic rings. The fraction of sp³-hybridized carbons (Fsp3) is 0.750. The van der Waals surface area contributed by atoms with Crippen LogP contribution in [-0.4, -0.2) is 40.7 Å². The van der Waals surface area contributed by atoms with Gasteiger partial charge < -0.3 is 10.4 Å². The highest BCUT2D eigenvalue weighted by molar-refractivity contribution is 7.99. The van der Waals surface area contributed by atoms with E-state index >= 15 is 0 Å². The molecule has 0 bridgehead atoms. The molecular weight excluding hydrogens is 204 g/mol. The lowest BCUT2D eigenvalue weighted by molar-refractivity contribution is -0.142. The SMILES string of the molecule is CCC(NC(=O)C1CSCN1)C(=O)O. The Kier molecular flexibility index (Phi) is 4.21. The van der Waals surface area contributed by atoms with Gasteiger partial charge in [0.1, 0.15) is 6.04 Å². The minimum Gasteiger partial charge on any atom is -0.480 e. The van der Waals surface area contributed by atoms with Crippen molar-refractivity contribution in [3.63, 3.8) is 0 Å². The molecule has 1 heterocycles. The summed E-state index contributed by atoms with van der Waals surface area (Å²) in [7, 11) is 0. The zero-order chi connectivity index (χ0) is 10.6. The van der Waals surface area contributed by atoms with Gasteiger partial charge in [-0.3, -0.25) is 10.1 Å². The van der Waals surface area contributed by atoms with Crippen LogP contribution in [0.5, 0.6) is 0 Å². The van der Waals surface area contributed by atoms with Gasteiger partial charge in [-0.1, -0.05) is 6.92 Å². The van der Waals surface area contributed by atoms with Crippen molar-refractivity contribution in [2.75, 3.05) is 11.6 Å². The lowest BCUT2D eigenvalue weighted by Crippen LogP contribution is -2.48. The number of nitrogens with one attached hydrogen (secondary N) is 2. The fourth-order valence-electron chi connectivity index (χ4n) is 1.17. The molecular formula is C8H14N2O3S. The van der Waals surface area contributed by atoms with Crippen LogP contribution in [0.15, 0.2) is 0 Å². The smallest absolute Gasteiger partial charge is 0.326 e. The van der Waals surface area contributed by atoms with E-state index in [0.717, 1.165) is 5.88 Å². The third kappa shape index (κ3) is 2.88. The van der Waals surface area contributed by atoms with Crippen molar-refractivity contribution in [3.05, 3.63) is 0 Å². The van der Waals surface area contributed by atoms with E-state index in [1.54, 1.807) is 18.7 Å². The topological polar surface area (TPSA) is 78.4 Å². The molecule has 1 fully saturated rings. The number of carboxylic acid groups (broad SMARTS) is 1. The van der Waals surface area contributed by atoms with E-state index < -0.39 is 12.0 Å². The molecule has 14 heavy (non-hydrogen) atoms. The lowest BCUT2D eigenvalue weighted by Gasteiger charge is -2.15. The van der Waals surface area contributed by atoms with E-state index in [-0.39, 0.29) is 11.9 Å². The molecule has 3 N–H and O–H groups in total. The summed E-state index contributed by atoms with van der Waals surface area (Å²) in [5, 5.41) is 14.2.